The Bertz CT molecular complexity index is 698. The summed E-state index contributed by atoms with van der Waals surface area (Å²) in [6, 6.07) is 12.7. The first-order valence-electron chi connectivity index (χ1n) is 7.54. The second-order valence-electron chi connectivity index (χ2n) is 5.44. The predicted molar refractivity (Wildman–Crippen MR) is 86.7 cm³/mol. The van der Waals surface area contributed by atoms with Gasteiger partial charge in [-0.25, -0.2) is 5.43 Å². The van der Waals surface area contributed by atoms with E-state index in [0.29, 0.717) is 6.54 Å². The van der Waals surface area contributed by atoms with Crippen molar-refractivity contribution in [3.8, 4) is 0 Å². The predicted octanol–water partition coefficient (Wildman–Crippen LogP) is 3.20. The minimum Gasteiger partial charge on any atom is -0.287 e. The smallest absolute Gasteiger partial charge is 0.262 e. The number of hydrogen-bond donors (Lipinski definition) is 2. The van der Waals surface area contributed by atoms with Crippen molar-refractivity contribution in [3.63, 3.8) is 0 Å². The standard InChI is InChI=1S/C18H20N2O/c1-2-3-6-13-7-4-8-14-9-5-10-15(17(13)14)11-16-12-19-20-18(16)21/h4-5,7-11,19H,2-3,6,12H2,1H3,(H,20,21)/b16-11+. The molecule has 0 bridgehead atoms. The summed E-state index contributed by atoms with van der Waals surface area (Å²) in [5.41, 5.74) is 8.79. The second-order valence-corrected chi connectivity index (χ2v) is 5.44. The van der Waals surface area contributed by atoms with E-state index in [4.69, 9.17) is 0 Å². The number of unbranched alkanes of at least 4 members (excludes halogenated alkanes) is 1. The number of rotatable bonds is 4. The minimum atomic E-state index is -0.0296. The van der Waals surface area contributed by atoms with Crippen LogP contribution in [0, 0.1) is 0 Å². The lowest BCUT2D eigenvalue weighted by molar-refractivity contribution is -0.116. The van der Waals surface area contributed by atoms with Crippen LogP contribution in [-0.2, 0) is 11.2 Å². The van der Waals surface area contributed by atoms with Crippen LogP contribution in [0.2, 0.25) is 0 Å². The topological polar surface area (TPSA) is 41.1 Å². The lowest BCUT2D eigenvalue weighted by atomic mass is 9.95. The number of hydrogen-bond acceptors (Lipinski definition) is 2. The van der Waals surface area contributed by atoms with Gasteiger partial charge in [0.25, 0.3) is 5.91 Å². The van der Waals surface area contributed by atoms with Gasteiger partial charge in [-0.3, -0.25) is 10.2 Å². The highest BCUT2D eigenvalue weighted by molar-refractivity contribution is 6.03. The number of benzene rings is 2. The molecule has 0 radical (unpaired) electrons. The fourth-order valence-electron chi connectivity index (χ4n) is 2.83. The highest BCUT2D eigenvalue weighted by Gasteiger charge is 2.16. The summed E-state index contributed by atoms with van der Waals surface area (Å²) in [6.07, 6.45) is 5.46. The summed E-state index contributed by atoms with van der Waals surface area (Å²) >= 11 is 0. The highest BCUT2D eigenvalue weighted by Crippen LogP contribution is 2.26. The number of amides is 1. The molecular weight excluding hydrogens is 260 g/mol. The average molecular weight is 280 g/mol. The third kappa shape index (κ3) is 2.83. The monoisotopic (exact) mass is 280 g/mol. The van der Waals surface area contributed by atoms with Crippen molar-refractivity contribution in [1.82, 2.24) is 10.9 Å². The molecule has 1 fully saturated rings. The van der Waals surface area contributed by atoms with E-state index < -0.39 is 0 Å². The van der Waals surface area contributed by atoms with Crippen LogP contribution in [0.15, 0.2) is 42.0 Å². The van der Waals surface area contributed by atoms with Crippen molar-refractivity contribution in [1.29, 1.82) is 0 Å². The molecular formula is C18H20N2O. The molecule has 21 heavy (non-hydrogen) atoms. The van der Waals surface area contributed by atoms with Gasteiger partial charge in [0.15, 0.2) is 0 Å². The van der Waals surface area contributed by atoms with Crippen LogP contribution in [0.3, 0.4) is 0 Å². The summed E-state index contributed by atoms with van der Waals surface area (Å²) in [5, 5.41) is 2.52. The lowest BCUT2D eigenvalue weighted by Gasteiger charge is -2.09. The van der Waals surface area contributed by atoms with Gasteiger partial charge >= 0.3 is 0 Å². The van der Waals surface area contributed by atoms with E-state index in [0.717, 1.165) is 17.6 Å². The van der Waals surface area contributed by atoms with E-state index in [2.05, 4.69) is 54.2 Å². The third-order valence-corrected chi connectivity index (χ3v) is 3.93. The zero-order chi connectivity index (χ0) is 14.7. The number of carbonyl (C=O) groups excluding carboxylic acids is 1. The van der Waals surface area contributed by atoms with Crippen molar-refractivity contribution >= 4 is 22.8 Å². The van der Waals surface area contributed by atoms with Crippen LogP contribution in [0.5, 0.6) is 0 Å². The zero-order valence-electron chi connectivity index (χ0n) is 12.3. The van der Waals surface area contributed by atoms with E-state index in [1.165, 1.54) is 29.2 Å². The molecule has 3 nitrogen and oxygen atoms in total. The Hall–Kier alpha value is -2.13. The van der Waals surface area contributed by atoms with Crippen LogP contribution in [-0.4, -0.2) is 12.5 Å². The quantitative estimate of drug-likeness (QED) is 0.844. The maximum Gasteiger partial charge on any atom is 0.262 e. The number of aryl methyl sites for hydroxylation is 1. The van der Waals surface area contributed by atoms with Crippen molar-refractivity contribution in [2.24, 2.45) is 0 Å². The summed E-state index contributed by atoms with van der Waals surface area (Å²) in [5.74, 6) is -0.0296. The maximum absolute atomic E-state index is 11.7. The van der Waals surface area contributed by atoms with E-state index >= 15 is 0 Å². The molecule has 0 saturated carbocycles. The Morgan fingerprint density at radius 1 is 1.19 bits per heavy atom. The number of fused-ring (bicyclic) bond motifs is 1. The minimum absolute atomic E-state index is 0.0296. The van der Waals surface area contributed by atoms with Crippen molar-refractivity contribution < 1.29 is 4.79 Å². The molecule has 3 rings (SSSR count). The Morgan fingerprint density at radius 2 is 2.00 bits per heavy atom. The molecule has 1 heterocycles. The van der Waals surface area contributed by atoms with Gasteiger partial charge in [-0.15, -0.1) is 0 Å². The van der Waals surface area contributed by atoms with Crippen LogP contribution >= 0.6 is 0 Å². The molecule has 1 aliphatic heterocycles. The van der Waals surface area contributed by atoms with Gasteiger partial charge in [0.1, 0.15) is 0 Å². The van der Waals surface area contributed by atoms with Crippen LogP contribution < -0.4 is 10.9 Å². The summed E-state index contributed by atoms with van der Waals surface area (Å²) in [7, 11) is 0. The molecule has 1 amide bonds. The third-order valence-electron chi connectivity index (χ3n) is 3.93. The van der Waals surface area contributed by atoms with Gasteiger partial charge < -0.3 is 0 Å². The maximum atomic E-state index is 11.7. The number of hydrazine groups is 1. The Balaban J connectivity index is 2.11. The normalized spacial score (nSPS) is 16.6. The van der Waals surface area contributed by atoms with Gasteiger partial charge in [0.2, 0.25) is 0 Å². The summed E-state index contributed by atoms with van der Waals surface area (Å²) < 4.78 is 0. The SMILES string of the molecule is CCCCc1cccc2cccc(/C=C3\CNNC3=O)c12. The van der Waals surface area contributed by atoms with E-state index in [1.54, 1.807) is 0 Å². The van der Waals surface area contributed by atoms with Crippen LogP contribution in [0.1, 0.15) is 30.9 Å². The largest absolute Gasteiger partial charge is 0.287 e. The number of carbonyl (C=O) groups is 1. The van der Waals surface area contributed by atoms with E-state index in [-0.39, 0.29) is 5.91 Å². The van der Waals surface area contributed by atoms with Gasteiger partial charge in [-0.2, -0.15) is 0 Å². The van der Waals surface area contributed by atoms with Gasteiger partial charge in [0.05, 0.1) is 0 Å². The molecule has 2 aromatic rings. The van der Waals surface area contributed by atoms with E-state index in [9.17, 15) is 4.79 Å². The first-order chi connectivity index (χ1) is 10.3. The average Bonchev–Trinajstić information content (AvgIpc) is 2.90. The molecule has 0 unspecified atom stereocenters. The second kappa shape index (κ2) is 6.10. The van der Waals surface area contributed by atoms with Gasteiger partial charge in [0, 0.05) is 12.1 Å². The molecule has 108 valence electrons. The zero-order valence-corrected chi connectivity index (χ0v) is 12.3. The van der Waals surface area contributed by atoms with Crippen molar-refractivity contribution in [2.75, 3.05) is 6.54 Å². The van der Waals surface area contributed by atoms with Crippen LogP contribution in [0.4, 0.5) is 0 Å². The van der Waals surface area contributed by atoms with Gasteiger partial charge in [-0.1, -0.05) is 49.7 Å². The molecule has 3 heteroatoms. The molecule has 2 N–H and O–H groups in total. The molecule has 1 saturated heterocycles. The Kier molecular flexibility index (Phi) is 4.02. The van der Waals surface area contributed by atoms with Gasteiger partial charge in [-0.05, 0) is 40.8 Å². The Morgan fingerprint density at radius 3 is 2.71 bits per heavy atom. The molecule has 1 aliphatic rings. The molecule has 0 aliphatic carbocycles. The molecule has 2 aromatic carbocycles. The van der Waals surface area contributed by atoms with Crippen LogP contribution in [0.25, 0.3) is 16.8 Å². The molecule has 0 spiro atoms. The summed E-state index contributed by atoms with van der Waals surface area (Å²) in [6.45, 7) is 2.79. The first-order valence-corrected chi connectivity index (χ1v) is 7.54. The summed E-state index contributed by atoms with van der Waals surface area (Å²) in [4.78, 5) is 11.7. The highest BCUT2D eigenvalue weighted by atomic mass is 16.2. The van der Waals surface area contributed by atoms with Crippen molar-refractivity contribution in [3.05, 3.63) is 53.1 Å². The fraction of sp³-hybridized carbons (Fsp3) is 0.278. The molecule has 0 aromatic heterocycles. The molecule has 0 atom stereocenters. The number of nitrogens with one attached hydrogen (secondary N) is 2. The fourth-order valence-corrected chi connectivity index (χ4v) is 2.83. The lowest BCUT2D eigenvalue weighted by Crippen LogP contribution is -2.25. The Labute approximate surface area is 125 Å². The first kappa shape index (κ1) is 13.8. The van der Waals surface area contributed by atoms with E-state index in [1.807, 2.05) is 6.08 Å². The van der Waals surface area contributed by atoms with Crippen molar-refractivity contribution in [2.45, 2.75) is 26.2 Å².